The topological polar surface area (TPSA) is 83.1 Å². The second-order valence-electron chi connectivity index (χ2n) is 7.49. The quantitative estimate of drug-likeness (QED) is 0.516. The number of rotatable bonds is 6. The number of carbonyl (C=O) groups excluding carboxylic acids is 1. The van der Waals surface area contributed by atoms with Crippen LogP contribution in [0.5, 0.6) is 5.75 Å². The van der Waals surface area contributed by atoms with E-state index in [0.717, 1.165) is 0 Å². The van der Waals surface area contributed by atoms with Crippen LogP contribution in [0, 0.1) is 5.92 Å². The maximum Gasteiger partial charge on any atom is 0.487 e. The number of halogens is 4. The smallest absolute Gasteiger partial charge is 0.420 e. The van der Waals surface area contributed by atoms with Crippen molar-refractivity contribution in [1.29, 1.82) is 0 Å². The van der Waals surface area contributed by atoms with E-state index in [1.54, 1.807) is 18.3 Å². The Kier molecular flexibility index (Phi) is 5.96. The van der Waals surface area contributed by atoms with Gasteiger partial charge in [0, 0.05) is 47.7 Å². The van der Waals surface area contributed by atoms with Crippen LogP contribution in [0.4, 0.5) is 24.7 Å². The standard InChI is InChI=1S/C21H19ClF3N5O2/c1-12-10-30(11-17(12)23)19-16(18-6-7-27-29-18)8-13(9-26-19)20(31)28-14-2-4-15(5-3-14)32-21(22,24)25/h2-9,12,17H,10-11H2,1H3,(H,27,29)(H,28,31)/t12-,17-/m0/s1. The highest BCUT2D eigenvalue weighted by Crippen LogP contribution is 2.33. The number of nitrogens with zero attached hydrogens (tertiary/aromatic N) is 3. The van der Waals surface area contributed by atoms with Gasteiger partial charge in [0.1, 0.15) is 17.7 Å². The molecule has 3 heterocycles. The predicted octanol–water partition coefficient (Wildman–Crippen LogP) is 4.69. The summed E-state index contributed by atoms with van der Waals surface area (Å²) in [6.45, 7) is 2.57. The number of ether oxygens (including phenoxy) is 1. The lowest BCUT2D eigenvalue weighted by molar-refractivity contribution is -0.0964. The molecule has 2 N–H and O–H groups in total. The maximum absolute atomic E-state index is 14.1. The molecule has 2 atom stereocenters. The van der Waals surface area contributed by atoms with Gasteiger partial charge in [0.25, 0.3) is 5.91 Å². The summed E-state index contributed by atoms with van der Waals surface area (Å²) in [6, 6.07) is 8.70. The van der Waals surface area contributed by atoms with Crippen molar-refractivity contribution < 1.29 is 22.7 Å². The normalized spacial score (nSPS) is 18.6. The largest absolute Gasteiger partial charge is 0.487 e. The molecule has 4 rings (SSSR count). The average Bonchev–Trinajstić information content (AvgIpc) is 3.38. The summed E-state index contributed by atoms with van der Waals surface area (Å²) < 4.78 is 43.8. The Bertz CT molecular complexity index is 1080. The molecule has 1 aromatic carbocycles. The predicted molar refractivity (Wildman–Crippen MR) is 114 cm³/mol. The number of carbonyl (C=O) groups is 1. The van der Waals surface area contributed by atoms with Crippen molar-refractivity contribution in [3.8, 4) is 17.0 Å². The molecule has 0 spiro atoms. The van der Waals surface area contributed by atoms with Gasteiger partial charge in [0.05, 0.1) is 17.8 Å². The van der Waals surface area contributed by atoms with Crippen molar-refractivity contribution in [3.05, 3.63) is 54.4 Å². The van der Waals surface area contributed by atoms with Gasteiger partial charge < -0.3 is 15.0 Å². The lowest BCUT2D eigenvalue weighted by Crippen LogP contribution is -2.23. The Morgan fingerprint density at radius 2 is 2.03 bits per heavy atom. The van der Waals surface area contributed by atoms with Crippen LogP contribution in [-0.4, -0.2) is 45.9 Å². The van der Waals surface area contributed by atoms with Crippen LogP contribution >= 0.6 is 11.6 Å². The Hall–Kier alpha value is -3.27. The van der Waals surface area contributed by atoms with Crippen LogP contribution in [0.15, 0.2) is 48.8 Å². The molecule has 0 saturated carbocycles. The highest BCUT2D eigenvalue weighted by atomic mass is 35.5. The fraction of sp³-hybridized carbons (Fsp3) is 0.286. The van der Waals surface area contributed by atoms with E-state index in [2.05, 4.69) is 25.2 Å². The van der Waals surface area contributed by atoms with E-state index in [9.17, 15) is 18.0 Å². The zero-order valence-electron chi connectivity index (χ0n) is 16.9. The third-order valence-corrected chi connectivity index (χ3v) is 5.16. The van der Waals surface area contributed by atoms with Crippen molar-refractivity contribution in [1.82, 2.24) is 15.2 Å². The monoisotopic (exact) mass is 465 g/mol. The molecule has 7 nitrogen and oxygen atoms in total. The van der Waals surface area contributed by atoms with Crippen LogP contribution < -0.4 is 15.0 Å². The molecule has 1 aliphatic heterocycles. The van der Waals surface area contributed by atoms with Crippen LogP contribution in [0.25, 0.3) is 11.3 Å². The zero-order chi connectivity index (χ0) is 22.9. The van der Waals surface area contributed by atoms with E-state index in [1.165, 1.54) is 30.5 Å². The van der Waals surface area contributed by atoms with Crippen molar-refractivity contribution >= 4 is 29.0 Å². The van der Waals surface area contributed by atoms with Crippen LogP contribution in [-0.2, 0) is 0 Å². The van der Waals surface area contributed by atoms with E-state index in [0.29, 0.717) is 29.3 Å². The molecule has 1 aliphatic rings. The van der Waals surface area contributed by atoms with Gasteiger partial charge in [-0.15, -0.1) is 8.78 Å². The molecule has 0 aliphatic carbocycles. The van der Waals surface area contributed by atoms with Crippen LogP contribution in [0.3, 0.4) is 0 Å². The van der Waals surface area contributed by atoms with Gasteiger partial charge in [-0.3, -0.25) is 9.89 Å². The van der Waals surface area contributed by atoms with E-state index in [1.807, 2.05) is 11.8 Å². The second-order valence-corrected chi connectivity index (χ2v) is 7.93. The van der Waals surface area contributed by atoms with Crippen molar-refractivity contribution in [2.45, 2.75) is 18.7 Å². The molecule has 1 amide bonds. The molecule has 2 aromatic heterocycles. The fourth-order valence-corrected chi connectivity index (χ4v) is 3.57. The van der Waals surface area contributed by atoms with E-state index in [4.69, 9.17) is 11.6 Å². The molecular weight excluding hydrogens is 447 g/mol. The van der Waals surface area contributed by atoms with Gasteiger partial charge in [0.15, 0.2) is 0 Å². The van der Waals surface area contributed by atoms with Gasteiger partial charge in [0.2, 0.25) is 0 Å². The Balaban J connectivity index is 1.56. The lowest BCUT2D eigenvalue weighted by Gasteiger charge is -2.20. The Morgan fingerprint density at radius 1 is 1.28 bits per heavy atom. The summed E-state index contributed by atoms with van der Waals surface area (Å²) in [4.78, 5) is 19.0. The molecule has 1 fully saturated rings. The minimum atomic E-state index is -3.82. The molecule has 1 saturated heterocycles. The van der Waals surface area contributed by atoms with Crippen molar-refractivity contribution in [2.75, 3.05) is 23.3 Å². The number of hydrogen-bond acceptors (Lipinski definition) is 5. The minimum absolute atomic E-state index is 0.125. The molecular formula is C21H19ClF3N5O2. The third kappa shape index (κ3) is 4.96. The summed E-state index contributed by atoms with van der Waals surface area (Å²) in [5, 5.41) is 9.47. The summed E-state index contributed by atoms with van der Waals surface area (Å²) in [6.07, 6.45) is 2.02. The number of alkyl halides is 4. The van der Waals surface area contributed by atoms with Gasteiger partial charge in [-0.1, -0.05) is 6.92 Å². The number of aromatic nitrogens is 3. The first-order valence-electron chi connectivity index (χ1n) is 9.75. The molecule has 0 unspecified atom stereocenters. The number of aromatic amines is 1. The van der Waals surface area contributed by atoms with Crippen LogP contribution in [0.1, 0.15) is 17.3 Å². The number of amides is 1. The molecule has 11 heteroatoms. The van der Waals surface area contributed by atoms with Crippen molar-refractivity contribution in [3.63, 3.8) is 0 Å². The number of nitrogens with one attached hydrogen (secondary N) is 2. The third-order valence-electron chi connectivity index (χ3n) is 5.09. The fourth-order valence-electron chi connectivity index (χ4n) is 3.48. The van der Waals surface area contributed by atoms with Crippen molar-refractivity contribution in [2.24, 2.45) is 5.92 Å². The van der Waals surface area contributed by atoms with E-state index < -0.39 is 17.6 Å². The Labute approximate surface area is 186 Å². The average molecular weight is 466 g/mol. The molecule has 0 radical (unpaired) electrons. The number of anilines is 2. The number of hydrogen-bond donors (Lipinski definition) is 2. The highest BCUT2D eigenvalue weighted by Gasteiger charge is 2.32. The maximum atomic E-state index is 14.1. The number of benzene rings is 1. The molecule has 3 aromatic rings. The van der Waals surface area contributed by atoms with Crippen LogP contribution in [0.2, 0.25) is 0 Å². The van der Waals surface area contributed by atoms with E-state index in [-0.39, 0.29) is 23.8 Å². The first kappa shape index (κ1) is 21.9. The SMILES string of the molecule is C[C@H]1CN(c2ncc(C(=O)Nc3ccc(OC(F)(F)Cl)cc3)cc2-c2ccn[nH]2)C[C@@H]1F. The minimum Gasteiger partial charge on any atom is -0.420 e. The summed E-state index contributed by atoms with van der Waals surface area (Å²) in [5.74, 6) is -0.178. The highest BCUT2D eigenvalue weighted by molar-refractivity contribution is 6.20. The second kappa shape index (κ2) is 8.70. The summed E-state index contributed by atoms with van der Waals surface area (Å²) >= 11 is 4.74. The number of pyridine rings is 1. The van der Waals surface area contributed by atoms with Gasteiger partial charge in [-0.2, -0.15) is 5.10 Å². The van der Waals surface area contributed by atoms with E-state index >= 15 is 0 Å². The summed E-state index contributed by atoms with van der Waals surface area (Å²) in [5.41, 5.74) is -1.95. The lowest BCUT2D eigenvalue weighted by atomic mass is 10.1. The van der Waals surface area contributed by atoms with Gasteiger partial charge >= 0.3 is 5.57 Å². The summed E-state index contributed by atoms with van der Waals surface area (Å²) in [7, 11) is 0. The first-order valence-corrected chi connectivity index (χ1v) is 10.1. The number of H-pyrrole nitrogens is 1. The van der Waals surface area contributed by atoms with Gasteiger partial charge in [-0.25, -0.2) is 9.37 Å². The van der Waals surface area contributed by atoms with Gasteiger partial charge in [-0.05, 0) is 36.4 Å². The zero-order valence-corrected chi connectivity index (χ0v) is 17.6. The molecule has 32 heavy (non-hydrogen) atoms. The Morgan fingerprint density at radius 3 is 2.62 bits per heavy atom. The molecule has 0 bridgehead atoms. The first-order chi connectivity index (χ1) is 15.2. The molecule has 168 valence electrons.